The maximum absolute atomic E-state index is 3.81. The van der Waals surface area contributed by atoms with Gasteiger partial charge >= 0.3 is 0 Å². The molecule has 0 aromatic carbocycles. The molecule has 1 heterocycles. The molecule has 2 aliphatic rings. The first kappa shape index (κ1) is 11.4. The molecule has 2 fully saturated rings. The molecule has 2 nitrogen and oxygen atoms in total. The molecule has 1 aliphatic heterocycles. The van der Waals surface area contributed by atoms with Crippen LogP contribution in [0.2, 0.25) is 0 Å². The van der Waals surface area contributed by atoms with Gasteiger partial charge in [0.25, 0.3) is 0 Å². The van der Waals surface area contributed by atoms with Gasteiger partial charge in [0.15, 0.2) is 0 Å². The normalized spacial score (nSPS) is 39.8. The second kappa shape index (κ2) is 4.84. The Morgan fingerprint density at radius 3 is 2.67 bits per heavy atom. The van der Waals surface area contributed by atoms with Gasteiger partial charge in [-0.05, 0) is 58.0 Å². The fourth-order valence-electron chi connectivity index (χ4n) is 3.16. The summed E-state index contributed by atoms with van der Waals surface area (Å²) in [7, 11) is 2.25. The van der Waals surface area contributed by atoms with Gasteiger partial charge in [-0.2, -0.15) is 0 Å². The zero-order chi connectivity index (χ0) is 10.8. The lowest BCUT2D eigenvalue weighted by Gasteiger charge is -2.40. The van der Waals surface area contributed by atoms with Gasteiger partial charge in [-0.3, -0.25) is 0 Å². The molecule has 88 valence electrons. The van der Waals surface area contributed by atoms with Gasteiger partial charge in [0, 0.05) is 18.6 Å². The predicted octanol–water partition coefficient (Wildman–Crippen LogP) is 2.10. The quantitative estimate of drug-likeness (QED) is 0.767. The van der Waals surface area contributed by atoms with Crippen molar-refractivity contribution in [2.75, 3.05) is 20.1 Å². The highest BCUT2D eigenvalue weighted by Gasteiger charge is 2.29. The first-order valence-corrected chi connectivity index (χ1v) is 6.59. The Morgan fingerprint density at radius 1 is 1.33 bits per heavy atom. The molecular formula is C13H26N2. The molecule has 1 aliphatic carbocycles. The number of nitrogens with zero attached hydrogens (tertiary/aromatic N) is 1. The monoisotopic (exact) mass is 210 g/mol. The highest BCUT2D eigenvalue weighted by atomic mass is 15.1. The van der Waals surface area contributed by atoms with E-state index < -0.39 is 0 Å². The second-order valence-electron chi connectivity index (χ2n) is 5.89. The first-order valence-electron chi connectivity index (χ1n) is 6.59. The van der Waals surface area contributed by atoms with Gasteiger partial charge in [0.05, 0.1) is 0 Å². The van der Waals surface area contributed by atoms with Gasteiger partial charge in [-0.25, -0.2) is 0 Å². The minimum atomic E-state index is 0.713. The number of nitrogens with one attached hydrogen (secondary N) is 1. The lowest BCUT2D eigenvalue weighted by Crippen LogP contribution is -2.50. The van der Waals surface area contributed by atoms with E-state index in [0.29, 0.717) is 6.04 Å². The van der Waals surface area contributed by atoms with Gasteiger partial charge in [0.2, 0.25) is 0 Å². The number of piperidine rings is 1. The van der Waals surface area contributed by atoms with Crippen molar-refractivity contribution in [2.24, 2.45) is 11.8 Å². The third-order valence-corrected chi connectivity index (χ3v) is 4.24. The van der Waals surface area contributed by atoms with Crippen LogP contribution < -0.4 is 5.32 Å². The van der Waals surface area contributed by atoms with Crippen LogP contribution in [0.25, 0.3) is 0 Å². The Balaban J connectivity index is 1.72. The minimum absolute atomic E-state index is 0.713. The van der Waals surface area contributed by atoms with E-state index in [1.54, 1.807) is 0 Å². The molecule has 2 rings (SSSR count). The molecule has 2 unspecified atom stereocenters. The molecule has 0 spiro atoms. The third-order valence-electron chi connectivity index (χ3n) is 4.24. The summed E-state index contributed by atoms with van der Waals surface area (Å²) >= 11 is 0. The third kappa shape index (κ3) is 2.94. The Hall–Kier alpha value is -0.0800. The summed E-state index contributed by atoms with van der Waals surface area (Å²) in [5.41, 5.74) is 0. The highest BCUT2D eigenvalue weighted by molar-refractivity contribution is 4.87. The molecule has 0 bridgehead atoms. The van der Waals surface area contributed by atoms with Gasteiger partial charge < -0.3 is 10.2 Å². The highest BCUT2D eigenvalue weighted by Crippen LogP contribution is 2.28. The second-order valence-corrected chi connectivity index (χ2v) is 5.89. The standard InChI is InChI=1S/C13H26N2/c1-10-7-13(8-10)14-11(2)12-5-4-6-15(3)9-12/h10-14H,4-9H2,1-3H3. The number of likely N-dealkylation sites (tertiary alicyclic amines) is 1. The molecule has 1 saturated heterocycles. The lowest BCUT2D eigenvalue weighted by atomic mass is 9.80. The fourth-order valence-corrected chi connectivity index (χ4v) is 3.16. The van der Waals surface area contributed by atoms with Crippen LogP contribution in [0.5, 0.6) is 0 Å². The zero-order valence-electron chi connectivity index (χ0n) is 10.5. The summed E-state index contributed by atoms with van der Waals surface area (Å²) in [5, 5.41) is 3.81. The molecule has 15 heavy (non-hydrogen) atoms. The smallest absolute Gasteiger partial charge is 0.00818 e. The van der Waals surface area contributed by atoms with Crippen molar-refractivity contribution < 1.29 is 0 Å². The SMILES string of the molecule is CC1CC(NC(C)C2CCCN(C)C2)C1. The predicted molar refractivity (Wildman–Crippen MR) is 65.0 cm³/mol. The van der Waals surface area contributed by atoms with Crippen LogP contribution >= 0.6 is 0 Å². The van der Waals surface area contributed by atoms with Crippen LogP contribution in [0.15, 0.2) is 0 Å². The van der Waals surface area contributed by atoms with E-state index in [0.717, 1.165) is 17.9 Å². The van der Waals surface area contributed by atoms with Crippen molar-refractivity contribution in [3.8, 4) is 0 Å². The van der Waals surface area contributed by atoms with E-state index >= 15 is 0 Å². The summed E-state index contributed by atoms with van der Waals surface area (Å²) < 4.78 is 0. The van der Waals surface area contributed by atoms with Gasteiger partial charge in [0.1, 0.15) is 0 Å². The van der Waals surface area contributed by atoms with Crippen molar-refractivity contribution in [1.29, 1.82) is 0 Å². The fraction of sp³-hybridized carbons (Fsp3) is 1.00. The minimum Gasteiger partial charge on any atom is -0.311 e. The van der Waals surface area contributed by atoms with E-state index in [1.807, 2.05) is 0 Å². The summed E-state index contributed by atoms with van der Waals surface area (Å²) in [6.45, 7) is 7.32. The van der Waals surface area contributed by atoms with Crippen LogP contribution in [0.1, 0.15) is 39.5 Å². The maximum atomic E-state index is 3.81. The van der Waals surface area contributed by atoms with Gasteiger partial charge in [-0.15, -0.1) is 0 Å². The van der Waals surface area contributed by atoms with Crippen molar-refractivity contribution >= 4 is 0 Å². The number of hydrogen-bond donors (Lipinski definition) is 1. The maximum Gasteiger partial charge on any atom is 0.00818 e. The molecular weight excluding hydrogens is 184 g/mol. The van der Waals surface area contributed by atoms with Crippen LogP contribution in [0.4, 0.5) is 0 Å². The first-order chi connectivity index (χ1) is 7.15. The molecule has 0 radical (unpaired) electrons. The van der Waals surface area contributed by atoms with E-state index in [1.165, 1.54) is 38.8 Å². The van der Waals surface area contributed by atoms with Crippen LogP contribution in [-0.2, 0) is 0 Å². The lowest BCUT2D eigenvalue weighted by molar-refractivity contribution is 0.148. The van der Waals surface area contributed by atoms with Crippen molar-refractivity contribution in [3.05, 3.63) is 0 Å². The Bertz CT molecular complexity index is 199. The summed E-state index contributed by atoms with van der Waals surface area (Å²) in [4.78, 5) is 2.48. The van der Waals surface area contributed by atoms with E-state index in [2.05, 4.69) is 31.1 Å². The van der Waals surface area contributed by atoms with Gasteiger partial charge in [-0.1, -0.05) is 6.92 Å². The Kier molecular flexibility index (Phi) is 3.68. The number of hydrogen-bond acceptors (Lipinski definition) is 2. The van der Waals surface area contributed by atoms with Crippen LogP contribution in [0, 0.1) is 11.8 Å². The van der Waals surface area contributed by atoms with Crippen LogP contribution in [0.3, 0.4) is 0 Å². The average Bonchev–Trinajstić information content (AvgIpc) is 2.15. The zero-order valence-corrected chi connectivity index (χ0v) is 10.5. The average molecular weight is 210 g/mol. The Labute approximate surface area is 94.4 Å². The van der Waals surface area contributed by atoms with E-state index in [4.69, 9.17) is 0 Å². The van der Waals surface area contributed by atoms with E-state index in [9.17, 15) is 0 Å². The summed E-state index contributed by atoms with van der Waals surface area (Å²) in [6, 6.07) is 1.53. The molecule has 1 N–H and O–H groups in total. The molecule has 0 amide bonds. The molecule has 2 atom stereocenters. The topological polar surface area (TPSA) is 15.3 Å². The summed E-state index contributed by atoms with van der Waals surface area (Å²) in [6.07, 6.45) is 5.59. The van der Waals surface area contributed by atoms with E-state index in [-0.39, 0.29) is 0 Å². The molecule has 0 aromatic heterocycles. The Morgan fingerprint density at radius 2 is 2.07 bits per heavy atom. The van der Waals surface area contributed by atoms with Crippen molar-refractivity contribution in [2.45, 2.75) is 51.6 Å². The van der Waals surface area contributed by atoms with Crippen molar-refractivity contribution in [1.82, 2.24) is 10.2 Å². The van der Waals surface area contributed by atoms with Crippen LogP contribution in [-0.4, -0.2) is 37.1 Å². The number of rotatable bonds is 3. The van der Waals surface area contributed by atoms with Crippen molar-refractivity contribution in [3.63, 3.8) is 0 Å². The molecule has 1 saturated carbocycles. The molecule has 2 heteroatoms. The molecule has 0 aromatic rings. The summed E-state index contributed by atoms with van der Waals surface area (Å²) in [5.74, 6) is 1.84. The largest absolute Gasteiger partial charge is 0.311 e.